The molecule has 1 fully saturated rings. The molecule has 2 rings (SSSR count). The van der Waals surface area contributed by atoms with Gasteiger partial charge in [-0.3, -0.25) is 4.79 Å². The second-order valence-electron chi connectivity index (χ2n) is 5.10. The summed E-state index contributed by atoms with van der Waals surface area (Å²) < 4.78 is 0. The van der Waals surface area contributed by atoms with Gasteiger partial charge in [0, 0.05) is 5.41 Å². The molecule has 104 valence electrons. The van der Waals surface area contributed by atoms with E-state index < -0.39 is 5.97 Å². The molecule has 0 aromatic carbocycles. The van der Waals surface area contributed by atoms with Crippen LogP contribution in [0.1, 0.15) is 59.5 Å². The van der Waals surface area contributed by atoms with Crippen LogP contribution in [0.4, 0.5) is 0 Å². The van der Waals surface area contributed by atoms with E-state index in [0.29, 0.717) is 10.7 Å². The number of aromatic nitrogens is 1. The summed E-state index contributed by atoms with van der Waals surface area (Å²) in [6.07, 6.45) is 2.74. The number of amides is 1. The maximum absolute atomic E-state index is 12.1. The van der Waals surface area contributed by atoms with Crippen molar-refractivity contribution in [1.82, 2.24) is 10.3 Å². The average Bonchev–Trinajstić information content (AvgIpc) is 3.06. The number of carbonyl (C=O) groups excluding carboxylic acids is 1. The normalized spacial score (nSPS) is 17.8. The molecule has 0 aliphatic heterocycles. The van der Waals surface area contributed by atoms with Gasteiger partial charge in [-0.25, -0.2) is 9.78 Å². The SMILES string of the molecule is CCC1(C(=O)NC(C)c2nc(C)c(C(=O)O)s2)CC1. The highest BCUT2D eigenvalue weighted by Crippen LogP contribution is 2.49. The van der Waals surface area contributed by atoms with Crippen LogP contribution < -0.4 is 5.32 Å². The van der Waals surface area contributed by atoms with Crippen molar-refractivity contribution >= 4 is 23.2 Å². The minimum Gasteiger partial charge on any atom is -0.477 e. The van der Waals surface area contributed by atoms with Crippen LogP contribution in [0.5, 0.6) is 0 Å². The maximum atomic E-state index is 12.1. The second kappa shape index (κ2) is 4.92. The smallest absolute Gasteiger partial charge is 0.347 e. The quantitative estimate of drug-likeness (QED) is 0.869. The highest BCUT2D eigenvalue weighted by Gasteiger charge is 2.48. The van der Waals surface area contributed by atoms with E-state index in [4.69, 9.17) is 5.11 Å². The van der Waals surface area contributed by atoms with E-state index in [1.165, 1.54) is 0 Å². The van der Waals surface area contributed by atoms with Gasteiger partial charge in [0.15, 0.2) is 0 Å². The Labute approximate surface area is 116 Å². The van der Waals surface area contributed by atoms with Crippen molar-refractivity contribution in [3.8, 4) is 0 Å². The number of aromatic carboxylic acids is 1. The molecule has 0 saturated heterocycles. The molecule has 1 saturated carbocycles. The first-order valence-electron chi connectivity index (χ1n) is 6.41. The topological polar surface area (TPSA) is 79.3 Å². The molecular formula is C13H18N2O3S. The third-order valence-electron chi connectivity index (χ3n) is 3.74. The number of carboxylic acids is 1. The van der Waals surface area contributed by atoms with Gasteiger partial charge in [0.2, 0.25) is 5.91 Å². The maximum Gasteiger partial charge on any atom is 0.347 e. The molecule has 1 aliphatic rings. The number of thiazole rings is 1. The zero-order valence-electron chi connectivity index (χ0n) is 11.3. The summed E-state index contributed by atoms with van der Waals surface area (Å²) in [5.41, 5.74) is 0.321. The van der Waals surface area contributed by atoms with Gasteiger partial charge < -0.3 is 10.4 Å². The van der Waals surface area contributed by atoms with Gasteiger partial charge in [-0.1, -0.05) is 6.92 Å². The van der Waals surface area contributed by atoms with Gasteiger partial charge in [0.1, 0.15) is 9.88 Å². The molecular weight excluding hydrogens is 264 g/mol. The number of nitrogens with zero attached hydrogens (tertiary/aromatic N) is 1. The van der Waals surface area contributed by atoms with Crippen molar-refractivity contribution in [2.24, 2.45) is 5.41 Å². The molecule has 6 heteroatoms. The predicted molar refractivity (Wildman–Crippen MR) is 72.3 cm³/mol. The third kappa shape index (κ3) is 2.63. The van der Waals surface area contributed by atoms with E-state index in [1.54, 1.807) is 6.92 Å². The zero-order chi connectivity index (χ0) is 14.2. The number of carbonyl (C=O) groups is 2. The van der Waals surface area contributed by atoms with Gasteiger partial charge in [-0.2, -0.15) is 0 Å². The molecule has 0 radical (unpaired) electrons. The molecule has 2 N–H and O–H groups in total. The molecule has 1 amide bonds. The first kappa shape index (κ1) is 14.0. The molecule has 1 aromatic rings. The van der Waals surface area contributed by atoms with Gasteiger partial charge in [0.05, 0.1) is 11.7 Å². The highest BCUT2D eigenvalue weighted by atomic mass is 32.1. The van der Waals surface area contributed by atoms with E-state index >= 15 is 0 Å². The summed E-state index contributed by atoms with van der Waals surface area (Å²) in [5, 5.41) is 12.6. The fraction of sp³-hybridized carbons (Fsp3) is 0.615. The number of hydrogen-bond acceptors (Lipinski definition) is 4. The van der Waals surface area contributed by atoms with Crippen LogP contribution in [-0.4, -0.2) is 22.0 Å². The molecule has 0 spiro atoms. The molecule has 1 aliphatic carbocycles. The summed E-state index contributed by atoms with van der Waals surface area (Å²) in [6.45, 7) is 5.54. The van der Waals surface area contributed by atoms with Crippen LogP contribution in [-0.2, 0) is 4.79 Å². The van der Waals surface area contributed by atoms with E-state index in [9.17, 15) is 9.59 Å². The van der Waals surface area contributed by atoms with Crippen molar-refractivity contribution in [2.75, 3.05) is 0 Å². The van der Waals surface area contributed by atoms with Crippen molar-refractivity contribution in [1.29, 1.82) is 0 Å². The Morgan fingerprint density at radius 2 is 2.16 bits per heavy atom. The molecule has 1 heterocycles. The van der Waals surface area contributed by atoms with Crippen molar-refractivity contribution in [3.63, 3.8) is 0 Å². The molecule has 0 bridgehead atoms. The van der Waals surface area contributed by atoms with Crippen LogP contribution in [0.2, 0.25) is 0 Å². The van der Waals surface area contributed by atoms with Gasteiger partial charge in [-0.15, -0.1) is 11.3 Å². The van der Waals surface area contributed by atoms with Crippen LogP contribution in [0.15, 0.2) is 0 Å². The predicted octanol–water partition coefficient (Wildman–Crippen LogP) is 2.52. The lowest BCUT2D eigenvalue weighted by molar-refractivity contribution is -0.127. The Balaban J connectivity index is 2.08. The minimum atomic E-state index is -0.966. The average molecular weight is 282 g/mol. The lowest BCUT2D eigenvalue weighted by atomic mass is 10.0. The Morgan fingerprint density at radius 1 is 1.53 bits per heavy atom. The molecule has 5 nitrogen and oxygen atoms in total. The summed E-state index contributed by atoms with van der Waals surface area (Å²) >= 11 is 1.13. The van der Waals surface area contributed by atoms with Crippen molar-refractivity contribution in [3.05, 3.63) is 15.6 Å². The largest absolute Gasteiger partial charge is 0.477 e. The summed E-state index contributed by atoms with van der Waals surface area (Å²) in [4.78, 5) is 27.6. The highest BCUT2D eigenvalue weighted by molar-refractivity contribution is 7.13. The fourth-order valence-electron chi connectivity index (χ4n) is 2.10. The standard InChI is InChI=1S/C13H18N2O3S/c1-4-13(5-6-13)12(18)15-8(3)10-14-7(2)9(19-10)11(16)17/h8H,4-6H2,1-3H3,(H,15,18)(H,16,17). The number of aryl methyl sites for hydroxylation is 1. The first-order valence-corrected chi connectivity index (χ1v) is 7.23. The summed E-state index contributed by atoms with van der Waals surface area (Å²) in [5.74, 6) is -0.903. The Kier molecular flexibility index (Phi) is 3.62. The summed E-state index contributed by atoms with van der Waals surface area (Å²) in [7, 11) is 0. The monoisotopic (exact) mass is 282 g/mol. The zero-order valence-corrected chi connectivity index (χ0v) is 12.1. The van der Waals surface area contributed by atoms with Crippen molar-refractivity contribution < 1.29 is 14.7 Å². The number of nitrogens with one attached hydrogen (secondary N) is 1. The molecule has 19 heavy (non-hydrogen) atoms. The van der Waals surface area contributed by atoms with Crippen LogP contribution in [0.25, 0.3) is 0 Å². The number of rotatable bonds is 5. The van der Waals surface area contributed by atoms with E-state index in [-0.39, 0.29) is 22.2 Å². The number of carboxylic acid groups (broad SMARTS) is 1. The number of hydrogen-bond donors (Lipinski definition) is 2. The Morgan fingerprint density at radius 3 is 2.58 bits per heavy atom. The van der Waals surface area contributed by atoms with Crippen LogP contribution >= 0.6 is 11.3 Å². The van der Waals surface area contributed by atoms with Gasteiger partial charge >= 0.3 is 5.97 Å². The van der Waals surface area contributed by atoms with Crippen LogP contribution in [0, 0.1) is 12.3 Å². The van der Waals surface area contributed by atoms with Crippen LogP contribution in [0.3, 0.4) is 0 Å². The minimum absolute atomic E-state index is 0.0622. The van der Waals surface area contributed by atoms with Gasteiger partial charge in [-0.05, 0) is 33.1 Å². The Hall–Kier alpha value is -1.43. The van der Waals surface area contributed by atoms with E-state index in [2.05, 4.69) is 10.3 Å². The molecule has 1 atom stereocenters. The Bertz CT molecular complexity index is 520. The fourth-order valence-corrected chi connectivity index (χ4v) is 3.01. The third-order valence-corrected chi connectivity index (χ3v) is 5.07. The van der Waals surface area contributed by atoms with E-state index in [1.807, 2.05) is 13.8 Å². The molecule has 1 aromatic heterocycles. The lowest BCUT2D eigenvalue weighted by Gasteiger charge is -2.16. The lowest BCUT2D eigenvalue weighted by Crippen LogP contribution is -2.33. The van der Waals surface area contributed by atoms with E-state index in [0.717, 1.165) is 30.6 Å². The second-order valence-corrected chi connectivity index (χ2v) is 6.13. The van der Waals surface area contributed by atoms with Gasteiger partial charge in [0.25, 0.3) is 0 Å². The van der Waals surface area contributed by atoms with Crippen molar-refractivity contribution in [2.45, 2.75) is 46.1 Å². The summed E-state index contributed by atoms with van der Waals surface area (Å²) in [6, 6.07) is -0.242. The first-order chi connectivity index (χ1) is 8.89. The molecule has 1 unspecified atom stereocenters.